The highest BCUT2D eigenvalue weighted by Crippen LogP contribution is 2.31. The summed E-state index contributed by atoms with van der Waals surface area (Å²) in [6.45, 7) is 11.7. The Bertz CT molecular complexity index is 437. The van der Waals surface area contributed by atoms with Gasteiger partial charge in [0.15, 0.2) is 5.13 Å². The summed E-state index contributed by atoms with van der Waals surface area (Å²) in [5, 5.41) is 4.56. The predicted octanol–water partition coefficient (Wildman–Crippen LogP) is 2.23. The second-order valence-electron chi connectivity index (χ2n) is 5.76. The van der Waals surface area contributed by atoms with Crippen molar-refractivity contribution in [2.75, 3.05) is 44.9 Å². The van der Waals surface area contributed by atoms with Crippen molar-refractivity contribution in [3.63, 3.8) is 0 Å². The minimum absolute atomic E-state index is 0.286. The van der Waals surface area contributed by atoms with Crippen LogP contribution in [-0.2, 0) is 16.0 Å². The Kier molecular flexibility index (Phi) is 6.41. The van der Waals surface area contributed by atoms with E-state index in [9.17, 15) is 0 Å². The van der Waals surface area contributed by atoms with Crippen molar-refractivity contribution < 1.29 is 9.47 Å². The highest BCUT2D eigenvalue weighted by molar-refractivity contribution is 7.15. The average Bonchev–Trinajstić information content (AvgIpc) is 2.88. The van der Waals surface area contributed by atoms with Crippen LogP contribution in [0.25, 0.3) is 0 Å². The molecule has 0 saturated carbocycles. The fraction of sp³-hybridized carbons (Fsp3) is 0.800. The van der Waals surface area contributed by atoms with Gasteiger partial charge in [0.05, 0.1) is 25.0 Å². The molecule has 0 bridgehead atoms. The molecule has 1 atom stereocenters. The lowest BCUT2D eigenvalue weighted by atomic mass is 10.1. The van der Waals surface area contributed by atoms with Gasteiger partial charge >= 0.3 is 0 Å². The number of aromatic nitrogens is 1. The smallest absolute Gasteiger partial charge is 0.186 e. The van der Waals surface area contributed by atoms with Crippen molar-refractivity contribution in [3.8, 4) is 0 Å². The lowest BCUT2D eigenvalue weighted by Gasteiger charge is -2.30. The maximum Gasteiger partial charge on any atom is 0.186 e. The fourth-order valence-electron chi connectivity index (χ4n) is 2.43. The first kappa shape index (κ1) is 16.7. The average molecular weight is 313 g/mol. The van der Waals surface area contributed by atoms with Crippen molar-refractivity contribution >= 4 is 16.5 Å². The fourth-order valence-corrected chi connectivity index (χ4v) is 3.65. The molecule has 120 valence electrons. The Labute approximate surface area is 131 Å². The molecule has 2 rings (SSSR count). The third-order valence-corrected chi connectivity index (χ3v) is 4.68. The first-order valence-corrected chi connectivity index (χ1v) is 8.49. The van der Waals surface area contributed by atoms with Gasteiger partial charge in [0.25, 0.3) is 0 Å². The minimum atomic E-state index is 0.286. The van der Waals surface area contributed by atoms with E-state index in [0.29, 0.717) is 5.92 Å². The molecule has 1 aliphatic rings. The SMILES string of the molecule is COCCNCc1sc(N2CCOC(C)C2)nc1C(C)C. The van der Waals surface area contributed by atoms with E-state index in [4.69, 9.17) is 14.5 Å². The summed E-state index contributed by atoms with van der Waals surface area (Å²) in [5.74, 6) is 0.452. The van der Waals surface area contributed by atoms with Gasteiger partial charge in [-0.05, 0) is 12.8 Å². The van der Waals surface area contributed by atoms with Gasteiger partial charge < -0.3 is 19.7 Å². The number of rotatable bonds is 7. The highest BCUT2D eigenvalue weighted by atomic mass is 32.1. The summed E-state index contributed by atoms with van der Waals surface area (Å²) >= 11 is 1.81. The summed E-state index contributed by atoms with van der Waals surface area (Å²) in [4.78, 5) is 8.58. The zero-order chi connectivity index (χ0) is 15.2. The molecule has 0 aliphatic carbocycles. The van der Waals surface area contributed by atoms with Gasteiger partial charge in [0.1, 0.15) is 0 Å². The lowest BCUT2D eigenvalue weighted by molar-refractivity contribution is 0.0532. The molecule has 0 spiro atoms. The molecule has 2 heterocycles. The van der Waals surface area contributed by atoms with E-state index in [1.165, 1.54) is 10.6 Å². The Morgan fingerprint density at radius 1 is 1.52 bits per heavy atom. The van der Waals surface area contributed by atoms with Crippen molar-refractivity contribution in [3.05, 3.63) is 10.6 Å². The van der Waals surface area contributed by atoms with Crippen LogP contribution in [0.4, 0.5) is 5.13 Å². The van der Waals surface area contributed by atoms with Gasteiger partial charge in [0.2, 0.25) is 0 Å². The molecule has 5 nitrogen and oxygen atoms in total. The number of hydrogen-bond acceptors (Lipinski definition) is 6. The normalized spacial score (nSPS) is 19.5. The highest BCUT2D eigenvalue weighted by Gasteiger charge is 2.22. The molecular weight excluding hydrogens is 286 g/mol. The Hall–Kier alpha value is -0.690. The molecule has 0 aromatic carbocycles. The Balaban J connectivity index is 2.05. The monoisotopic (exact) mass is 313 g/mol. The number of nitrogens with one attached hydrogen (secondary N) is 1. The Morgan fingerprint density at radius 2 is 2.33 bits per heavy atom. The molecule has 0 amide bonds. The van der Waals surface area contributed by atoms with Gasteiger partial charge in [-0.15, -0.1) is 11.3 Å². The van der Waals surface area contributed by atoms with E-state index < -0.39 is 0 Å². The molecule has 1 aromatic heterocycles. The lowest BCUT2D eigenvalue weighted by Crippen LogP contribution is -2.41. The minimum Gasteiger partial charge on any atom is -0.383 e. The Morgan fingerprint density at radius 3 is 3.00 bits per heavy atom. The van der Waals surface area contributed by atoms with E-state index >= 15 is 0 Å². The largest absolute Gasteiger partial charge is 0.383 e. The molecule has 1 aromatic rings. The molecule has 21 heavy (non-hydrogen) atoms. The topological polar surface area (TPSA) is 46.6 Å². The van der Waals surface area contributed by atoms with E-state index in [1.807, 2.05) is 11.3 Å². The first-order valence-electron chi connectivity index (χ1n) is 7.67. The van der Waals surface area contributed by atoms with Crippen molar-refractivity contribution in [2.45, 2.75) is 39.3 Å². The van der Waals surface area contributed by atoms with Crippen LogP contribution >= 0.6 is 11.3 Å². The molecule has 1 saturated heterocycles. The van der Waals surface area contributed by atoms with Crippen molar-refractivity contribution in [1.29, 1.82) is 0 Å². The maximum atomic E-state index is 5.61. The van der Waals surface area contributed by atoms with Crippen LogP contribution in [0.1, 0.15) is 37.3 Å². The number of thiazole rings is 1. The van der Waals surface area contributed by atoms with E-state index in [0.717, 1.165) is 44.5 Å². The van der Waals surface area contributed by atoms with Gasteiger partial charge in [-0.1, -0.05) is 13.8 Å². The second kappa shape index (κ2) is 8.08. The van der Waals surface area contributed by atoms with Crippen LogP contribution in [0.2, 0.25) is 0 Å². The van der Waals surface area contributed by atoms with E-state index in [1.54, 1.807) is 7.11 Å². The molecule has 1 fully saturated rings. The van der Waals surface area contributed by atoms with E-state index in [2.05, 4.69) is 31.0 Å². The second-order valence-corrected chi connectivity index (χ2v) is 6.82. The van der Waals surface area contributed by atoms with Crippen LogP contribution < -0.4 is 10.2 Å². The number of methoxy groups -OCH3 is 1. The number of hydrogen-bond donors (Lipinski definition) is 1. The molecule has 1 unspecified atom stereocenters. The maximum absolute atomic E-state index is 5.61. The number of nitrogens with zero attached hydrogens (tertiary/aromatic N) is 2. The summed E-state index contributed by atoms with van der Waals surface area (Å²) in [5.41, 5.74) is 1.22. The zero-order valence-corrected chi connectivity index (χ0v) is 14.3. The first-order chi connectivity index (χ1) is 10.1. The standard InChI is InChI=1S/C15H27N3O2S/c1-11(2)14-13(9-16-5-7-19-4)21-15(17-14)18-6-8-20-12(3)10-18/h11-12,16H,5-10H2,1-4H3. The van der Waals surface area contributed by atoms with Crippen molar-refractivity contribution in [1.82, 2.24) is 10.3 Å². The van der Waals surface area contributed by atoms with Crippen LogP contribution in [0.15, 0.2) is 0 Å². The quantitative estimate of drug-likeness (QED) is 0.782. The summed E-state index contributed by atoms with van der Waals surface area (Å²) in [6, 6.07) is 0. The third-order valence-electron chi connectivity index (χ3n) is 3.54. The third kappa shape index (κ3) is 4.64. The number of anilines is 1. The van der Waals surface area contributed by atoms with Crippen LogP contribution in [0, 0.1) is 0 Å². The van der Waals surface area contributed by atoms with Gasteiger partial charge in [-0.25, -0.2) is 4.98 Å². The predicted molar refractivity (Wildman–Crippen MR) is 87.4 cm³/mol. The van der Waals surface area contributed by atoms with Crippen LogP contribution in [0.3, 0.4) is 0 Å². The number of ether oxygens (including phenoxy) is 2. The summed E-state index contributed by atoms with van der Waals surface area (Å²) < 4.78 is 10.7. The molecule has 1 aliphatic heterocycles. The molecule has 6 heteroatoms. The summed E-state index contributed by atoms with van der Waals surface area (Å²) in [7, 11) is 1.73. The van der Waals surface area contributed by atoms with Gasteiger partial charge in [0, 0.05) is 38.2 Å². The molecule has 0 radical (unpaired) electrons. The molecule has 1 N–H and O–H groups in total. The van der Waals surface area contributed by atoms with Crippen molar-refractivity contribution in [2.24, 2.45) is 0 Å². The van der Waals surface area contributed by atoms with Crippen LogP contribution in [-0.4, -0.2) is 51.0 Å². The van der Waals surface area contributed by atoms with Gasteiger partial charge in [-0.2, -0.15) is 0 Å². The molecular formula is C15H27N3O2S. The number of morpholine rings is 1. The zero-order valence-electron chi connectivity index (χ0n) is 13.5. The van der Waals surface area contributed by atoms with Gasteiger partial charge in [-0.3, -0.25) is 0 Å². The van der Waals surface area contributed by atoms with Crippen LogP contribution in [0.5, 0.6) is 0 Å². The summed E-state index contributed by atoms with van der Waals surface area (Å²) in [6.07, 6.45) is 0.286. The van der Waals surface area contributed by atoms with E-state index in [-0.39, 0.29) is 6.10 Å².